The monoisotopic (exact) mass is 923 g/mol. The fourth-order valence-corrected chi connectivity index (χ4v) is 12.0. The molecule has 14 nitrogen and oxygen atoms in total. The van der Waals surface area contributed by atoms with Crippen LogP contribution < -0.4 is 19.7 Å². The molecule has 344 valence electrons. The quantitative estimate of drug-likeness (QED) is 0.0501. The number of benzene rings is 3. The van der Waals surface area contributed by atoms with Gasteiger partial charge in [0.25, 0.3) is 21.6 Å². The molecular weight excluding hydrogens is 866 g/mol. The average Bonchev–Trinajstić information content (AvgIpc) is 3.95. The van der Waals surface area contributed by atoms with E-state index in [1.807, 2.05) is 13.0 Å². The minimum absolute atomic E-state index is 0.0485. The van der Waals surface area contributed by atoms with Crippen molar-refractivity contribution in [3.8, 4) is 11.5 Å². The highest BCUT2D eigenvalue weighted by Crippen LogP contribution is 2.49. The molecule has 16 heteroatoms. The number of fused-ring (bicyclic) bond motifs is 1. The van der Waals surface area contributed by atoms with Crippen LogP contribution in [0.15, 0.2) is 83.9 Å². The normalized spacial score (nSPS) is 23.4. The minimum atomic E-state index is -4.60. The number of rotatable bonds is 13. The Labute approximate surface area is 385 Å². The van der Waals surface area contributed by atoms with E-state index in [-0.39, 0.29) is 39.2 Å². The predicted octanol–water partition coefficient (Wildman–Crippen LogP) is 9.75. The molecule has 3 aromatic carbocycles. The standard InChI is InChI=1S/C49H58ClN7O7S/c1-31(2)36-7-4-5-8-37(36)38-9-6-10-41(38)56-29-49(30-56)20-23-55(24-21-49)34-11-13-39(43(26-34)64-44-25-33-17-22-51-46(33)53-45(44)50)47(58)54-65(62,63)35-12-14-40(42(27-35)57(60)61)52-28-32-15-18-48(3,59)19-16-32/h4-5,7-8,11-14,17,22,25-27,31-32,38,41,52,59H,6,9-10,15-16,18-21,23-24,28-30H2,1-3H3,(H,51,53)(H,54,58)/t32?,38-,41-,48?/m0/s1. The molecule has 65 heavy (non-hydrogen) atoms. The second-order valence-electron chi connectivity index (χ2n) is 19.4. The number of nitro benzene ring substituents is 1. The van der Waals surface area contributed by atoms with Crippen LogP contribution in [0.3, 0.4) is 0 Å². The van der Waals surface area contributed by atoms with Crippen LogP contribution in [0.5, 0.6) is 11.5 Å². The number of nitrogens with zero attached hydrogens (tertiary/aromatic N) is 4. The van der Waals surface area contributed by atoms with E-state index in [9.17, 15) is 28.4 Å². The number of H-pyrrole nitrogens is 1. The summed E-state index contributed by atoms with van der Waals surface area (Å²) in [6.45, 7) is 10.6. The van der Waals surface area contributed by atoms with Crippen LogP contribution in [-0.2, 0) is 10.0 Å². The second kappa shape index (κ2) is 17.9. The Morgan fingerprint density at radius 1 is 1.00 bits per heavy atom. The summed E-state index contributed by atoms with van der Waals surface area (Å²) in [4.78, 5) is 37.5. The summed E-state index contributed by atoms with van der Waals surface area (Å²) in [5.74, 6) is 0.533. The third kappa shape index (κ3) is 9.43. The minimum Gasteiger partial charge on any atom is -0.453 e. The van der Waals surface area contributed by atoms with Crippen molar-refractivity contribution in [2.75, 3.05) is 42.9 Å². The van der Waals surface area contributed by atoms with Crippen molar-refractivity contribution in [1.29, 1.82) is 0 Å². The van der Waals surface area contributed by atoms with E-state index in [4.69, 9.17) is 16.3 Å². The van der Waals surface area contributed by atoms with Crippen LogP contribution in [0.4, 0.5) is 17.1 Å². The number of hydrogen-bond acceptors (Lipinski definition) is 11. The van der Waals surface area contributed by atoms with Crippen LogP contribution >= 0.6 is 11.6 Å². The number of anilines is 2. The van der Waals surface area contributed by atoms with E-state index in [0.717, 1.165) is 69.0 Å². The number of hydrogen-bond donors (Lipinski definition) is 4. The molecule has 2 aromatic heterocycles. The zero-order valence-corrected chi connectivity index (χ0v) is 38.8. The molecule has 2 aliphatic heterocycles. The van der Waals surface area contributed by atoms with Crippen molar-refractivity contribution in [3.05, 3.63) is 111 Å². The number of aromatic nitrogens is 2. The third-order valence-electron chi connectivity index (χ3n) is 14.6. The molecule has 4 fully saturated rings. The average molecular weight is 925 g/mol. The summed E-state index contributed by atoms with van der Waals surface area (Å²) < 4.78 is 36.0. The number of carbonyl (C=O) groups is 1. The Kier molecular flexibility index (Phi) is 12.4. The van der Waals surface area contributed by atoms with Crippen LogP contribution in [0, 0.1) is 21.4 Å². The Morgan fingerprint density at radius 3 is 2.49 bits per heavy atom. The van der Waals surface area contributed by atoms with Crippen molar-refractivity contribution in [2.45, 2.75) is 107 Å². The number of nitrogens with one attached hydrogen (secondary N) is 3. The molecule has 0 bridgehead atoms. The smallest absolute Gasteiger partial charge is 0.293 e. The van der Waals surface area contributed by atoms with Crippen LogP contribution in [0.1, 0.15) is 112 Å². The molecule has 4 N–H and O–H groups in total. The molecule has 2 atom stereocenters. The molecule has 9 rings (SSSR count). The highest BCUT2D eigenvalue weighted by atomic mass is 35.5. The molecule has 0 radical (unpaired) electrons. The SMILES string of the molecule is CC(C)c1ccccc1[C@@H]1CCC[C@@H]1N1CC2(CCN(c3ccc(C(=O)NS(=O)(=O)c4ccc(NCC5CCC(C)(O)CC5)c([N+](=O)[O-])c4)c(Oc4cc5cc[nH]c5nc4Cl)c3)CC2)C1. The van der Waals surface area contributed by atoms with Gasteiger partial charge in [-0.1, -0.05) is 56.1 Å². The molecule has 4 heterocycles. The van der Waals surface area contributed by atoms with Gasteiger partial charge in [0.05, 0.1) is 21.0 Å². The zero-order chi connectivity index (χ0) is 45.7. The van der Waals surface area contributed by atoms with Crippen LogP contribution in [0.2, 0.25) is 5.15 Å². The summed E-state index contributed by atoms with van der Waals surface area (Å²) in [5.41, 5.74) is 3.55. The van der Waals surface area contributed by atoms with Crippen LogP contribution in [0.25, 0.3) is 11.0 Å². The van der Waals surface area contributed by atoms with E-state index >= 15 is 0 Å². The molecule has 0 unspecified atom stereocenters. The van der Waals surface area contributed by atoms with Gasteiger partial charge >= 0.3 is 0 Å². The number of nitro groups is 1. The highest BCUT2D eigenvalue weighted by molar-refractivity contribution is 7.90. The fourth-order valence-electron chi connectivity index (χ4n) is 10.8. The van der Waals surface area contributed by atoms with Gasteiger partial charge in [0, 0.05) is 68.2 Å². The zero-order valence-electron chi connectivity index (χ0n) is 37.2. The lowest BCUT2D eigenvalue weighted by Crippen LogP contribution is -2.63. The number of carbonyl (C=O) groups excluding carboxylic acids is 1. The Balaban J connectivity index is 0.908. The van der Waals surface area contributed by atoms with Gasteiger partial charge in [-0.05, 0) is 129 Å². The molecule has 1 amide bonds. The summed E-state index contributed by atoms with van der Waals surface area (Å²) in [7, 11) is -4.60. The van der Waals surface area contributed by atoms with Gasteiger partial charge < -0.3 is 25.0 Å². The number of ether oxygens (including phenoxy) is 1. The Hall–Kier alpha value is -5.22. The number of piperidine rings is 1. The maximum atomic E-state index is 14.0. The number of sulfonamides is 1. The first kappa shape index (κ1) is 45.0. The van der Waals surface area contributed by atoms with Gasteiger partial charge in [0.15, 0.2) is 10.9 Å². The lowest BCUT2D eigenvalue weighted by Gasteiger charge is -2.57. The fraction of sp³-hybridized carbons (Fsp3) is 0.469. The maximum Gasteiger partial charge on any atom is 0.293 e. The lowest BCUT2D eigenvalue weighted by atomic mass is 9.70. The van der Waals surface area contributed by atoms with E-state index in [0.29, 0.717) is 42.9 Å². The van der Waals surface area contributed by atoms with Crippen molar-refractivity contribution in [3.63, 3.8) is 0 Å². The molecule has 2 saturated heterocycles. The second-order valence-corrected chi connectivity index (χ2v) is 21.5. The van der Waals surface area contributed by atoms with E-state index in [1.54, 1.807) is 24.4 Å². The number of halogens is 1. The number of aromatic amines is 1. The van der Waals surface area contributed by atoms with Gasteiger partial charge in [-0.25, -0.2) is 18.1 Å². The van der Waals surface area contributed by atoms with E-state index in [2.05, 4.69) is 67.9 Å². The van der Waals surface area contributed by atoms with Crippen molar-refractivity contribution < 1.29 is 28.0 Å². The maximum absolute atomic E-state index is 14.0. The van der Waals surface area contributed by atoms with Gasteiger partial charge in [-0.3, -0.25) is 19.8 Å². The first-order chi connectivity index (χ1) is 31.1. The van der Waals surface area contributed by atoms with Gasteiger partial charge in [-0.15, -0.1) is 0 Å². The molecule has 1 spiro atoms. The van der Waals surface area contributed by atoms with Gasteiger partial charge in [0.1, 0.15) is 17.1 Å². The van der Waals surface area contributed by atoms with Crippen molar-refractivity contribution in [1.82, 2.24) is 19.6 Å². The largest absolute Gasteiger partial charge is 0.453 e. The van der Waals surface area contributed by atoms with Gasteiger partial charge in [-0.2, -0.15) is 0 Å². The van der Waals surface area contributed by atoms with Gasteiger partial charge in [0.2, 0.25) is 0 Å². The van der Waals surface area contributed by atoms with Crippen molar-refractivity contribution in [2.24, 2.45) is 11.3 Å². The lowest BCUT2D eigenvalue weighted by molar-refractivity contribution is -0.384. The molecule has 5 aromatic rings. The Bertz CT molecular complexity index is 2700. The predicted molar refractivity (Wildman–Crippen MR) is 253 cm³/mol. The third-order valence-corrected chi connectivity index (χ3v) is 16.2. The number of aliphatic hydroxyl groups is 1. The molecule has 2 aliphatic carbocycles. The summed E-state index contributed by atoms with van der Waals surface area (Å²) in [6, 6.07) is 21.7. The Morgan fingerprint density at radius 2 is 1.75 bits per heavy atom. The highest BCUT2D eigenvalue weighted by Gasteiger charge is 2.49. The first-order valence-electron chi connectivity index (χ1n) is 22.9. The summed E-state index contributed by atoms with van der Waals surface area (Å²) in [6.07, 6.45) is 10.3. The van der Waals surface area contributed by atoms with Crippen molar-refractivity contribution >= 4 is 55.6 Å². The van der Waals surface area contributed by atoms with Crippen LogP contribution in [-0.4, -0.2) is 83.6 Å². The summed E-state index contributed by atoms with van der Waals surface area (Å²) in [5, 5.41) is 26.4. The topological polar surface area (TPSA) is 183 Å². The molecule has 4 aliphatic rings. The first-order valence-corrected chi connectivity index (χ1v) is 24.8. The molecule has 2 saturated carbocycles. The molecular formula is C49H58ClN7O7S. The number of amides is 1. The number of pyridine rings is 1. The van der Waals surface area contributed by atoms with E-state index in [1.165, 1.54) is 48.6 Å². The number of likely N-dealkylation sites (tertiary alicyclic amines) is 1. The van der Waals surface area contributed by atoms with E-state index < -0.39 is 37.0 Å². The summed E-state index contributed by atoms with van der Waals surface area (Å²) >= 11 is 6.59.